The third-order valence-corrected chi connectivity index (χ3v) is 5.22. The smallest absolute Gasteiger partial charge is 0.181 e. The quantitative estimate of drug-likeness (QED) is 0.393. The van der Waals surface area contributed by atoms with Crippen LogP contribution in [-0.2, 0) is 0 Å². The minimum absolute atomic E-state index is 0.571. The van der Waals surface area contributed by atoms with E-state index in [4.69, 9.17) is 0 Å². The topological polar surface area (TPSA) is 77.3 Å². The fourth-order valence-corrected chi connectivity index (χ4v) is 3.30. The van der Waals surface area contributed by atoms with E-state index in [1.165, 1.54) is 11.1 Å². The van der Waals surface area contributed by atoms with Crippen molar-refractivity contribution in [3.8, 4) is 45.3 Å². The third-order valence-electron chi connectivity index (χ3n) is 5.22. The fraction of sp³-hybridized carbons (Fsp3) is 0.0769. The predicted molar refractivity (Wildman–Crippen MR) is 124 cm³/mol. The van der Waals surface area contributed by atoms with Gasteiger partial charge in [-0.2, -0.15) is 0 Å². The Morgan fingerprint density at radius 2 is 0.750 bits per heavy atom. The third kappa shape index (κ3) is 4.11. The molecule has 0 aliphatic carbocycles. The zero-order valence-corrected chi connectivity index (χ0v) is 17.8. The molecule has 154 valence electrons. The van der Waals surface area contributed by atoms with Gasteiger partial charge >= 0.3 is 0 Å². The second-order valence-electron chi connectivity index (χ2n) is 7.64. The molecule has 0 aliphatic heterocycles. The van der Waals surface area contributed by atoms with Crippen molar-refractivity contribution in [1.29, 1.82) is 0 Å². The lowest BCUT2D eigenvalue weighted by Crippen LogP contribution is -1.96. The molecule has 0 aliphatic rings. The number of hydrogen-bond donors (Lipinski definition) is 0. The number of benzene rings is 3. The van der Waals surface area contributed by atoms with Gasteiger partial charge in [-0.1, -0.05) is 83.9 Å². The van der Waals surface area contributed by atoms with Gasteiger partial charge in [-0.3, -0.25) is 0 Å². The van der Waals surface area contributed by atoms with Crippen LogP contribution < -0.4 is 0 Å². The van der Waals surface area contributed by atoms with Crippen LogP contribution in [0.15, 0.2) is 85.2 Å². The average molecular weight is 416 g/mol. The summed E-state index contributed by atoms with van der Waals surface area (Å²) in [5.74, 6) is 1.14. The summed E-state index contributed by atoms with van der Waals surface area (Å²) >= 11 is 0. The summed E-state index contributed by atoms with van der Waals surface area (Å²) in [6.07, 6.45) is 3.50. The highest BCUT2D eigenvalue weighted by atomic mass is 15.2. The van der Waals surface area contributed by atoms with E-state index in [1.54, 1.807) is 12.4 Å². The number of hydrogen-bond acceptors (Lipinski definition) is 6. The van der Waals surface area contributed by atoms with Crippen LogP contribution in [-0.4, -0.2) is 30.4 Å². The first-order valence-electron chi connectivity index (χ1n) is 10.3. The summed E-state index contributed by atoms with van der Waals surface area (Å²) in [6, 6.07) is 24.0. The molecule has 0 unspecified atom stereocenters. The summed E-state index contributed by atoms with van der Waals surface area (Å²) in [6.45, 7) is 4.11. The van der Waals surface area contributed by atoms with Crippen LogP contribution >= 0.6 is 0 Å². The minimum atomic E-state index is 0.571. The van der Waals surface area contributed by atoms with Gasteiger partial charge in [0.15, 0.2) is 11.6 Å². The first kappa shape index (κ1) is 19.6. The molecule has 2 aromatic heterocycles. The molecule has 2 heterocycles. The fourth-order valence-electron chi connectivity index (χ4n) is 3.30. The van der Waals surface area contributed by atoms with Gasteiger partial charge in [0.1, 0.15) is 11.4 Å². The molecule has 0 amide bonds. The Balaban J connectivity index is 1.33. The van der Waals surface area contributed by atoms with E-state index in [-0.39, 0.29) is 0 Å². The first-order valence-corrected chi connectivity index (χ1v) is 10.3. The monoisotopic (exact) mass is 416 g/mol. The predicted octanol–water partition coefficient (Wildman–Crippen LogP) is 5.34. The van der Waals surface area contributed by atoms with E-state index in [0.29, 0.717) is 11.6 Å². The highest BCUT2D eigenvalue weighted by molar-refractivity contribution is 5.65. The van der Waals surface area contributed by atoms with Gasteiger partial charge in [0, 0.05) is 22.3 Å². The average Bonchev–Trinajstić information content (AvgIpc) is 2.85. The molecule has 0 saturated heterocycles. The zero-order chi connectivity index (χ0) is 21.9. The molecular formula is C26H20N6. The van der Waals surface area contributed by atoms with E-state index in [1.807, 2.05) is 72.8 Å². The molecule has 5 rings (SSSR count). The van der Waals surface area contributed by atoms with Gasteiger partial charge in [0.25, 0.3) is 0 Å². The molecule has 6 heteroatoms. The molecule has 3 aromatic carbocycles. The van der Waals surface area contributed by atoms with Crippen molar-refractivity contribution in [3.63, 3.8) is 0 Å². The highest BCUT2D eigenvalue weighted by Crippen LogP contribution is 2.23. The lowest BCUT2D eigenvalue weighted by atomic mass is 10.1. The van der Waals surface area contributed by atoms with Gasteiger partial charge < -0.3 is 0 Å². The molecule has 0 fully saturated rings. The van der Waals surface area contributed by atoms with Gasteiger partial charge in [-0.25, -0.2) is 9.97 Å². The Bertz CT molecular complexity index is 1220. The maximum atomic E-state index is 4.48. The van der Waals surface area contributed by atoms with Crippen molar-refractivity contribution in [2.75, 3.05) is 0 Å². The second kappa shape index (κ2) is 8.43. The molecule has 32 heavy (non-hydrogen) atoms. The number of aromatic nitrogens is 6. The van der Waals surface area contributed by atoms with Crippen LogP contribution in [0.3, 0.4) is 0 Å². The van der Waals surface area contributed by atoms with Crippen molar-refractivity contribution < 1.29 is 0 Å². The molecular weight excluding hydrogens is 396 g/mol. The highest BCUT2D eigenvalue weighted by Gasteiger charge is 2.08. The van der Waals surface area contributed by atoms with Gasteiger partial charge in [-0.05, 0) is 13.8 Å². The van der Waals surface area contributed by atoms with Crippen molar-refractivity contribution in [3.05, 3.63) is 96.3 Å². The number of nitrogens with zero attached hydrogens (tertiary/aromatic N) is 6. The van der Waals surface area contributed by atoms with E-state index < -0.39 is 0 Å². The van der Waals surface area contributed by atoms with E-state index in [2.05, 4.69) is 44.2 Å². The summed E-state index contributed by atoms with van der Waals surface area (Å²) < 4.78 is 0. The standard InChI is InChI=1S/C26H20N6/c1-17-3-7-19(8-4-17)23-15-27-25(31-29-23)21-11-13-22(14-12-21)26-28-16-24(30-32-26)20-9-5-18(2)6-10-20/h3-16H,1-2H3. The maximum absolute atomic E-state index is 4.48. The molecule has 0 atom stereocenters. The lowest BCUT2D eigenvalue weighted by molar-refractivity contribution is 0.983. The van der Waals surface area contributed by atoms with Crippen molar-refractivity contribution >= 4 is 0 Å². The first-order chi connectivity index (χ1) is 15.7. The molecule has 0 bridgehead atoms. The van der Waals surface area contributed by atoms with Crippen LogP contribution in [0.4, 0.5) is 0 Å². The van der Waals surface area contributed by atoms with Crippen LogP contribution in [0, 0.1) is 13.8 Å². The van der Waals surface area contributed by atoms with Crippen molar-refractivity contribution in [1.82, 2.24) is 30.4 Å². The number of aryl methyl sites for hydroxylation is 2. The van der Waals surface area contributed by atoms with Crippen LogP contribution in [0.1, 0.15) is 11.1 Å². The van der Waals surface area contributed by atoms with Crippen molar-refractivity contribution in [2.24, 2.45) is 0 Å². The maximum Gasteiger partial charge on any atom is 0.181 e. The van der Waals surface area contributed by atoms with Gasteiger partial charge in [-0.15, -0.1) is 20.4 Å². The molecule has 5 aromatic rings. The Hall–Kier alpha value is -4.32. The summed E-state index contributed by atoms with van der Waals surface area (Å²) in [5, 5.41) is 17.3. The summed E-state index contributed by atoms with van der Waals surface area (Å²) in [7, 11) is 0. The summed E-state index contributed by atoms with van der Waals surface area (Å²) in [4.78, 5) is 8.97. The summed E-state index contributed by atoms with van der Waals surface area (Å²) in [5.41, 5.74) is 7.65. The Kier molecular flexibility index (Phi) is 5.17. The lowest BCUT2D eigenvalue weighted by Gasteiger charge is -2.05. The van der Waals surface area contributed by atoms with E-state index in [9.17, 15) is 0 Å². The molecule has 0 radical (unpaired) electrons. The van der Waals surface area contributed by atoms with Gasteiger partial charge in [0.2, 0.25) is 0 Å². The number of rotatable bonds is 4. The second-order valence-corrected chi connectivity index (χ2v) is 7.64. The van der Waals surface area contributed by atoms with Crippen LogP contribution in [0.25, 0.3) is 45.3 Å². The van der Waals surface area contributed by atoms with Crippen molar-refractivity contribution in [2.45, 2.75) is 13.8 Å². The van der Waals surface area contributed by atoms with Crippen LogP contribution in [0.2, 0.25) is 0 Å². The minimum Gasteiger partial charge on any atom is -0.233 e. The van der Waals surface area contributed by atoms with E-state index in [0.717, 1.165) is 33.6 Å². The SMILES string of the molecule is Cc1ccc(-c2cnc(-c3ccc(-c4ncc(-c5ccc(C)cc5)nn4)cc3)nn2)cc1. The van der Waals surface area contributed by atoms with Gasteiger partial charge in [0.05, 0.1) is 12.4 Å². The Morgan fingerprint density at radius 3 is 1.06 bits per heavy atom. The molecule has 0 N–H and O–H groups in total. The molecule has 0 saturated carbocycles. The normalized spacial score (nSPS) is 10.8. The van der Waals surface area contributed by atoms with Crippen LogP contribution in [0.5, 0.6) is 0 Å². The molecule has 0 spiro atoms. The largest absolute Gasteiger partial charge is 0.233 e. The van der Waals surface area contributed by atoms with E-state index >= 15 is 0 Å². The zero-order valence-electron chi connectivity index (χ0n) is 17.8. The Morgan fingerprint density at radius 1 is 0.406 bits per heavy atom. The Labute approximate surface area is 186 Å². The molecule has 6 nitrogen and oxygen atoms in total.